The van der Waals surface area contributed by atoms with E-state index in [2.05, 4.69) is 4.90 Å². The number of hydrogen-bond donors (Lipinski definition) is 1. The fraction of sp³-hybridized carbons (Fsp3) is 0.571. The van der Waals surface area contributed by atoms with Crippen molar-refractivity contribution in [3.63, 3.8) is 0 Å². The zero-order valence-electron chi connectivity index (χ0n) is 11.1. The van der Waals surface area contributed by atoms with Crippen LogP contribution in [0.15, 0.2) is 29.2 Å². The highest BCUT2D eigenvalue weighted by Crippen LogP contribution is 2.32. The Bertz CT molecular complexity index is 435. The first-order valence-electron chi connectivity index (χ1n) is 6.65. The van der Waals surface area contributed by atoms with E-state index in [1.54, 1.807) is 6.07 Å². The molecule has 20 heavy (non-hydrogen) atoms. The van der Waals surface area contributed by atoms with Crippen LogP contribution in [-0.4, -0.2) is 41.5 Å². The van der Waals surface area contributed by atoms with Gasteiger partial charge in [0.25, 0.3) is 0 Å². The Balaban J connectivity index is 1.84. The molecular weight excluding hydrogens is 287 g/mol. The van der Waals surface area contributed by atoms with E-state index < -0.39 is 11.7 Å². The van der Waals surface area contributed by atoms with Gasteiger partial charge >= 0.3 is 6.18 Å². The maximum Gasteiger partial charge on any atom is 0.416 e. The smallest absolute Gasteiger partial charge is 0.395 e. The average Bonchev–Trinajstić information content (AvgIpc) is 3.21. The molecule has 1 fully saturated rings. The monoisotopic (exact) mass is 305 g/mol. The van der Waals surface area contributed by atoms with Gasteiger partial charge in [-0.1, -0.05) is 6.07 Å². The summed E-state index contributed by atoms with van der Waals surface area (Å²) in [5.74, 6) is 0.734. The van der Waals surface area contributed by atoms with Crippen molar-refractivity contribution >= 4 is 11.8 Å². The van der Waals surface area contributed by atoms with Crippen LogP contribution in [-0.2, 0) is 6.18 Å². The van der Waals surface area contributed by atoms with Crippen LogP contribution in [0.2, 0.25) is 0 Å². The molecule has 0 unspecified atom stereocenters. The Morgan fingerprint density at radius 2 is 2.00 bits per heavy atom. The van der Waals surface area contributed by atoms with Gasteiger partial charge in [0.2, 0.25) is 0 Å². The van der Waals surface area contributed by atoms with Crippen molar-refractivity contribution < 1.29 is 18.3 Å². The van der Waals surface area contributed by atoms with Gasteiger partial charge in [-0.15, -0.1) is 11.8 Å². The van der Waals surface area contributed by atoms with E-state index in [9.17, 15) is 13.2 Å². The molecule has 0 aliphatic heterocycles. The lowest BCUT2D eigenvalue weighted by Gasteiger charge is -2.20. The molecule has 2 rings (SSSR count). The number of benzene rings is 1. The molecule has 0 atom stereocenters. The first-order chi connectivity index (χ1) is 9.50. The molecule has 0 bridgehead atoms. The van der Waals surface area contributed by atoms with Crippen molar-refractivity contribution in [3.8, 4) is 0 Å². The second kappa shape index (κ2) is 6.83. The Hall–Kier alpha value is -0.720. The minimum absolute atomic E-state index is 0.130. The van der Waals surface area contributed by atoms with E-state index >= 15 is 0 Å². The highest BCUT2D eigenvalue weighted by atomic mass is 32.2. The summed E-state index contributed by atoms with van der Waals surface area (Å²) in [6.45, 7) is 1.57. The fourth-order valence-corrected chi connectivity index (χ4v) is 3.03. The summed E-state index contributed by atoms with van der Waals surface area (Å²) < 4.78 is 37.8. The van der Waals surface area contributed by atoms with Gasteiger partial charge in [0, 0.05) is 29.8 Å². The molecule has 0 spiro atoms. The fourth-order valence-electron chi connectivity index (χ4n) is 2.09. The van der Waals surface area contributed by atoms with E-state index in [1.165, 1.54) is 23.9 Å². The molecule has 0 amide bonds. The molecule has 2 nitrogen and oxygen atoms in total. The highest BCUT2D eigenvalue weighted by Gasteiger charge is 2.30. The van der Waals surface area contributed by atoms with Crippen LogP contribution in [0.25, 0.3) is 0 Å². The van der Waals surface area contributed by atoms with Gasteiger partial charge in [-0.2, -0.15) is 13.2 Å². The van der Waals surface area contributed by atoms with Gasteiger partial charge in [-0.25, -0.2) is 0 Å². The Morgan fingerprint density at radius 3 is 2.60 bits per heavy atom. The van der Waals surface area contributed by atoms with E-state index in [-0.39, 0.29) is 6.61 Å². The van der Waals surface area contributed by atoms with Gasteiger partial charge in [-0.05, 0) is 31.0 Å². The van der Waals surface area contributed by atoms with Gasteiger partial charge in [0.1, 0.15) is 0 Å². The lowest BCUT2D eigenvalue weighted by molar-refractivity contribution is -0.137. The molecule has 112 valence electrons. The summed E-state index contributed by atoms with van der Waals surface area (Å²) in [5, 5.41) is 8.98. The zero-order valence-corrected chi connectivity index (χ0v) is 11.9. The summed E-state index contributed by atoms with van der Waals surface area (Å²) in [6, 6.07) is 5.99. The molecule has 1 aliphatic carbocycles. The van der Waals surface area contributed by atoms with Crippen molar-refractivity contribution in [1.29, 1.82) is 0 Å². The molecular formula is C14H18F3NOS. The van der Waals surface area contributed by atoms with Crippen LogP contribution >= 0.6 is 11.8 Å². The van der Waals surface area contributed by atoms with Crippen LogP contribution < -0.4 is 0 Å². The second-order valence-electron chi connectivity index (χ2n) is 4.86. The Morgan fingerprint density at radius 1 is 1.25 bits per heavy atom. The van der Waals surface area contributed by atoms with Gasteiger partial charge in [0.05, 0.1) is 12.2 Å². The maximum absolute atomic E-state index is 12.6. The SMILES string of the molecule is OCCN(CCSc1cccc(C(F)(F)F)c1)C1CC1. The number of hydrogen-bond acceptors (Lipinski definition) is 3. The predicted molar refractivity (Wildman–Crippen MR) is 73.8 cm³/mol. The molecule has 1 aliphatic rings. The van der Waals surface area contributed by atoms with Gasteiger partial charge < -0.3 is 5.11 Å². The van der Waals surface area contributed by atoms with Gasteiger partial charge in [-0.3, -0.25) is 4.90 Å². The zero-order chi connectivity index (χ0) is 14.6. The van der Waals surface area contributed by atoms with Gasteiger partial charge in [0.15, 0.2) is 0 Å². The van der Waals surface area contributed by atoms with E-state index in [4.69, 9.17) is 5.11 Å². The van der Waals surface area contributed by atoms with E-state index in [0.29, 0.717) is 17.5 Å². The standard InChI is InChI=1S/C14H18F3NOS/c15-14(16,17)11-2-1-3-13(10-11)20-9-7-18(6-8-19)12-4-5-12/h1-3,10,12,19H,4-9H2. The molecule has 0 heterocycles. The lowest BCUT2D eigenvalue weighted by Crippen LogP contribution is -2.31. The number of halogens is 3. The Labute approximate surface area is 121 Å². The average molecular weight is 305 g/mol. The molecule has 1 saturated carbocycles. The number of aliphatic hydroxyl groups excluding tert-OH is 1. The molecule has 0 saturated heterocycles. The molecule has 1 N–H and O–H groups in total. The van der Waals surface area contributed by atoms with Crippen molar-refractivity contribution in [2.24, 2.45) is 0 Å². The Kier molecular flexibility index (Phi) is 5.35. The minimum atomic E-state index is -4.28. The van der Waals surface area contributed by atoms with Crippen LogP contribution in [0.3, 0.4) is 0 Å². The second-order valence-corrected chi connectivity index (χ2v) is 6.03. The maximum atomic E-state index is 12.6. The first-order valence-corrected chi connectivity index (χ1v) is 7.64. The third-order valence-electron chi connectivity index (χ3n) is 3.26. The number of nitrogens with zero attached hydrogens (tertiary/aromatic N) is 1. The summed E-state index contributed by atoms with van der Waals surface area (Å²) in [7, 11) is 0. The molecule has 1 aromatic rings. The summed E-state index contributed by atoms with van der Waals surface area (Å²) >= 11 is 1.43. The van der Waals surface area contributed by atoms with Crippen molar-refractivity contribution in [2.75, 3.05) is 25.4 Å². The minimum Gasteiger partial charge on any atom is -0.395 e. The molecule has 1 aromatic carbocycles. The third kappa shape index (κ3) is 4.68. The summed E-state index contributed by atoms with van der Waals surface area (Å²) in [5.41, 5.74) is -0.600. The quantitative estimate of drug-likeness (QED) is 0.782. The summed E-state index contributed by atoms with van der Waals surface area (Å²) in [6.07, 6.45) is -1.96. The number of thioether (sulfide) groups is 1. The molecule has 6 heteroatoms. The molecule has 0 aromatic heterocycles. The van der Waals surface area contributed by atoms with E-state index in [0.717, 1.165) is 31.2 Å². The van der Waals surface area contributed by atoms with Crippen LogP contribution in [0.5, 0.6) is 0 Å². The predicted octanol–water partition coefficient (Wildman–Crippen LogP) is 3.25. The van der Waals surface area contributed by atoms with E-state index in [1.807, 2.05) is 0 Å². The normalized spacial score (nSPS) is 15.8. The largest absolute Gasteiger partial charge is 0.416 e. The number of alkyl halides is 3. The van der Waals surface area contributed by atoms with Crippen molar-refractivity contribution in [1.82, 2.24) is 4.90 Å². The number of rotatable bonds is 7. The molecule has 0 radical (unpaired) electrons. The van der Waals surface area contributed by atoms with Crippen molar-refractivity contribution in [2.45, 2.75) is 30.0 Å². The van der Waals surface area contributed by atoms with Crippen LogP contribution in [0.1, 0.15) is 18.4 Å². The van der Waals surface area contributed by atoms with Crippen molar-refractivity contribution in [3.05, 3.63) is 29.8 Å². The lowest BCUT2D eigenvalue weighted by atomic mass is 10.2. The van der Waals surface area contributed by atoms with Crippen LogP contribution in [0, 0.1) is 0 Å². The third-order valence-corrected chi connectivity index (χ3v) is 4.23. The number of aliphatic hydroxyl groups is 1. The topological polar surface area (TPSA) is 23.5 Å². The highest BCUT2D eigenvalue weighted by molar-refractivity contribution is 7.99. The van der Waals surface area contributed by atoms with Crippen LogP contribution in [0.4, 0.5) is 13.2 Å². The first kappa shape index (κ1) is 15.7. The summed E-state index contributed by atoms with van der Waals surface area (Å²) in [4.78, 5) is 2.85.